The predicted octanol–water partition coefficient (Wildman–Crippen LogP) is 2.23. The zero-order valence-corrected chi connectivity index (χ0v) is 18.9. The van der Waals surface area contributed by atoms with Crippen LogP contribution in [0.3, 0.4) is 0 Å². The van der Waals surface area contributed by atoms with Crippen LogP contribution in [-0.4, -0.2) is 60.1 Å². The Morgan fingerprint density at radius 1 is 1.38 bits per heavy atom. The lowest BCUT2D eigenvalue weighted by Crippen LogP contribution is -2.87. The number of morpholine rings is 1. The lowest BCUT2D eigenvalue weighted by Gasteiger charge is -2.38. The lowest BCUT2D eigenvalue weighted by molar-refractivity contribution is -0.640. The highest BCUT2D eigenvalue weighted by molar-refractivity contribution is 6.07. The van der Waals surface area contributed by atoms with E-state index in [1.165, 1.54) is 30.8 Å². The number of hydrogen-bond donors (Lipinski definition) is 3. The molecule has 0 bridgehead atoms. The molecule has 3 aliphatic rings. The Balaban J connectivity index is 1.46. The van der Waals surface area contributed by atoms with Gasteiger partial charge in [0.1, 0.15) is 5.70 Å². The van der Waals surface area contributed by atoms with Crippen LogP contribution in [0, 0.1) is 23.2 Å². The number of ether oxygens (including phenoxy) is 2. The summed E-state index contributed by atoms with van der Waals surface area (Å²) in [5, 5.41) is 10.8. The zero-order valence-electron chi connectivity index (χ0n) is 18.9. The summed E-state index contributed by atoms with van der Waals surface area (Å²) in [7, 11) is 0. The zero-order chi connectivity index (χ0) is 23.0. The van der Waals surface area contributed by atoms with Crippen LogP contribution in [0.4, 0.5) is 14.6 Å². The maximum atomic E-state index is 12.6. The Morgan fingerprint density at radius 3 is 2.72 bits per heavy atom. The minimum Gasteiger partial charge on any atom is -0.431 e. The van der Waals surface area contributed by atoms with E-state index in [4.69, 9.17) is 15.9 Å². The number of nitrogen functional groups attached to an aromatic ring is 1. The minimum absolute atomic E-state index is 0.111. The third-order valence-electron chi connectivity index (χ3n) is 6.94. The smallest absolute Gasteiger partial charge is 0.387 e. The highest BCUT2D eigenvalue weighted by atomic mass is 19.3. The van der Waals surface area contributed by atoms with Crippen molar-refractivity contribution in [1.29, 1.82) is 5.41 Å². The van der Waals surface area contributed by atoms with E-state index in [-0.39, 0.29) is 17.3 Å². The van der Waals surface area contributed by atoms with Gasteiger partial charge in [-0.3, -0.25) is 10.3 Å². The maximum absolute atomic E-state index is 12.6. The lowest BCUT2D eigenvalue weighted by atomic mass is 10.00. The van der Waals surface area contributed by atoms with E-state index in [2.05, 4.69) is 40.7 Å². The van der Waals surface area contributed by atoms with E-state index in [0.29, 0.717) is 41.4 Å². The molecule has 2 aliphatic carbocycles. The number of allylic oxidation sites excluding steroid dienone is 2. The number of fused-ring (bicyclic) bond motifs is 1. The molecular weight excluding hydrogens is 416 g/mol. The fourth-order valence-electron chi connectivity index (χ4n) is 5.54. The molecule has 1 aliphatic heterocycles. The average Bonchev–Trinajstić information content (AvgIpc) is 3.22. The molecule has 3 fully saturated rings. The topological polar surface area (TPSA) is 101 Å². The summed E-state index contributed by atoms with van der Waals surface area (Å²) >= 11 is 0. The van der Waals surface area contributed by atoms with Crippen molar-refractivity contribution in [1.82, 2.24) is 9.88 Å². The van der Waals surface area contributed by atoms with Crippen molar-refractivity contribution in [2.45, 2.75) is 58.3 Å². The SMILES string of the molecule is CC(C)[NH2+]/C(=C\C(=N)c1cnc(N)c(OC(F)F)c1)C1[C@H]2CC(N3CCOC[C@@H]3C)C[C@@H]12. The number of pyridine rings is 1. The maximum Gasteiger partial charge on any atom is 0.387 e. The van der Waals surface area contributed by atoms with Gasteiger partial charge in [0.2, 0.25) is 0 Å². The fourth-order valence-corrected chi connectivity index (χ4v) is 5.54. The molecule has 5 N–H and O–H groups in total. The van der Waals surface area contributed by atoms with Gasteiger partial charge in [0.25, 0.3) is 0 Å². The summed E-state index contributed by atoms with van der Waals surface area (Å²) in [6.07, 6.45) is 5.68. The summed E-state index contributed by atoms with van der Waals surface area (Å²) in [6.45, 7) is 6.15. The average molecular weight is 451 g/mol. The molecule has 176 valence electrons. The van der Waals surface area contributed by atoms with Crippen LogP contribution in [-0.2, 0) is 4.74 Å². The second-order valence-electron chi connectivity index (χ2n) is 9.60. The second-order valence-corrected chi connectivity index (χ2v) is 9.60. The molecule has 2 heterocycles. The van der Waals surface area contributed by atoms with Crippen LogP contribution in [0.15, 0.2) is 24.0 Å². The van der Waals surface area contributed by atoms with Crippen LogP contribution in [0.5, 0.6) is 5.75 Å². The molecule has 32 heavy (non-hydrogen) atoms. The molecule has 5 atom stereocenters. The molecule has 0 radical (unpaired) electrons. The van der Waals surface area contributed by atoms with Gasteiger partial charge in [-0.15, -0.1) is 0 Å². The van der Waals surface area contributed by atoms with Crippen LogP contribution < -0.4 is 15.8 Å². The minimum atomic E-state index is -2.99. The Morgan fingerprint density at radius 2 is 2.09 bits per heavy atom. The quantitative estimate of drug-likeness (QED) is 0.528. The van der Waals surface area contributed by atoms with E-state index < -0.39 is 6.61 Å². The molecule has 2 saturated carbocycles. The van der Waals surface area contributed by atoms with Crippen molar-refractivity contribution in [3.8, 4) is 5.75 Å². The van der Waals surface area contributed by atoms with E-state index >= 15 is 0 Å². The largest absolute Gasteiger partial charge is 0.431 e. The molecule has 9 heteroatoms. The normalized spacial score (nSPS) is 30.6. The number of nitrogens with zero attached hydrogens (tertiary/aromatic N) is 2. The van der Waals surface area contributed by atoms with Gasteiger partial charge in [-0.05, 0) is 51.5 Å². The van der Waals surface area contributed by atoms with E-state index in [9.17, 15) is 8.78 Å². The van der Waals surface area contributed by atoms with Crippen molar-refractivity contribution >= 4 is 11.5 Å². The number of alkyl halides is 2. The van der Waals surface area contributed by atoms with Crippen molar-refractivity contribution in [3.05, 3.63) is 29.6 Å². The number of halogens is 2. The van der Waals surface area contributed by atoms with Crippen LogP contribution in [0.2, 0.25) is 0 Å². The predicted molar refractivity (Wildman–Crippen MR) is 118 cm³/mol. The molecule has 7 nitrogen and oxygen atoms in total. The summed E-state index contributed by atoms with van der Waals surface area (Å²) in [6, 6.07) is 2.81. The molecule has 0 amide bonds. The highest BCUT2D eigenvalue weighted by Gasteiger charge is 2.60. The summed E-state index contributed by atoms with van der Waals surface area (Å²) < 4.78 is 35.3. The van der Waals surface area contributed by atoms with Gasteiger partial charge in [0.05, 0.1) is 25.0 Å². The number of hydrogen-bond acceptors (Lipinski definition) is 6. The standard InChI is InChI=1S/C23H33F2N5O2/c1-12(2)29-19(9-18(26)14-6-20(32-23(24)25)22(27)28-10-14)21-16-7-15(8-17(16)21)30-4-5-31-11-13(30)3/h6,9-10,12-13,15-17,21,23,26,29H,4-5,7-8,11H2,1-3H3,(H2,27,28)/p+1/b19-9-,26-18?/t13-,15?,16-,17+,21?/m0/s1. The third-order valence-corrected chi connectivity index (χ3v) is 6.94. The van der Waals surface area contributed by atoms with Crippen LogP contribution >= 0.6 is 0 Å². The number of quaternary nitrogens is 1. The van der Waals surface area contributed by atoms with Gasteiger partial charge in [0.15, 0.2) is 11.6 Å². The van der Waals surface area contributed by atoms with E-state index in [1.807, 2.05) is 6.08 Å². The Labute approximate surface area is 187 Å². The number of nitrogens with two attached hydrogens (primary N) is 2. The number of nitrogens with one attached hydrogen (secondary N) is 1. The molecule has 0 aromatic carbocycles. The molecule has 1 saturated heterocycles. The van der Waals surface area contributed by atoms with Gasteiger partial charge in [-0.2, -0.15) is 8.78 Å². The van der Waals surface area contributed by atoms with Gasteiger partial charge in [-0.1, -0.05) is 0 Å². The monoisotopic (exact) mass is 450 g/mol. The first-order valence-electron chi connectivity index (χ1n) is 11.4. The van der Waals surface area contributed by atoms with E-state index in [1.54, 1.807) is 0 Å². The van der Waals surface area contributed by atoms with Crippen LogP contribution in [0.1, 0.15) is 39.2 Å². The summed E-state index contributed by atoms with van der Waals surface area (Å²) in [4.78, 5) is 6.54. The first-order chi connectivity index (χ1) is 15.2. The molecule has 2 unspecified atom stereocenters. The molecular formula is C23H34F2N5O2+. The van der Waals surface area contributed by atoms with Gasteiger partial charge >= 0.3 is 6.61 Å². The number of aromatic nitrogens is 1. The van der Waals surface area contributed by atoms with Gasteiger partial charge < -0.3 is 20.5 Å². The highest BCUT2D eigenvalue weighted by Crippen LogP contribution is 2.60. The first kappa shape index (κ1) is 23.1. The van der Waals surface area contributed by atoms with Crippen molar-refractivity contribution in [2.75, 3.05) is 25.5 Å². The fraction of sp³-hybridized carbons (Fsp3) is 0.652. The summed E-state index contributed by atoms with van der Waals surface area (Å²) in [5.74, 6) is 1.44. The Kier molecular flexibility index (Phi) is 6.78. The number of anilines is 1. The third kappa shape index (κ3) is 4.94. The summed E-state index contributed by atoms with van der Waals surface area (Å²) in [5.41, 5.74) is 7.45. The molecule has 0 spiro atoms. The van der Waals surface area contributed by atoms with Gasteiger partial charge in [0, 0.05) is 42.4 Å². The molecule has 1 aromatic rings. The second kappa shape index (κ2) is 9.41. The Bertz CT molecular complexity index is 866. The molecule has 4 rings (SSSR count). The van der Waals surface area contributed by atoms with E-state index in [0.717, 1.165) is 19.8 Å². The van der Waals surface area contributed by atoms with Crippen molar-refractivity contribution < 1.29 is 23.6 Å². The number of rotatable bonds is 8. The Hall–Kier alpha value is -2.10. The van der Waals surface area contributed by atoms with Crippen LogP contribution in [0.25, 0.3) is 0 Å². The van der Waals surface area contributed by atoms with Crippen molar-refractivity contribution in [2.24, 2.45) is 17.8 Å². The first-order valence-corrected chi connectivity index (χ1v) is 11.4. The molecule has 1 aromatic heterocycles. The van der Waals surface area contributed by atoms with Gasteiger partial charge in [-0.25, -0.2) is 4.98 Å². The van der Waals surface area contributed by atoms with Crippen molar-refractivity contribution in [3.63, 3.8) is 0 Å².